The summed E-state index contributed by atoms with van der Waals surface area (Å²) in [6.45, 7) is 0. The van der Waals surface area contributed by atoms with Crippen LogP contribution in [-0.2, 0) is 17.4 Å². The highest BCUT2D eigenvalue weighted by Gasteiger charge is 2.31. The molecule has 4 aromatic rings. The molecule has 4 nitrogen and oxygen atoms in total. The molecule has 0 fully saturated rings. The van der Waals surface area contributed by atoms with Crippen molar-refractivity contribution in [2.24, 2.45) is 0 Å². The fourth-order valence-corrected chi connectivity index (χ4v) is 3.81. The van der Waals surface area contributed by atoms with Gasteiger partial charge in [-0.3, -0.25) is 4.79 Å². The van der Waals surface area contributed by atoms with Crippen molar-refractivity contribution in [3.8, 4) is 0 Å². The third-order valence-corrected chi connectivity index (χ3v) is 5.35. The Balaban J connectivity index is 1.70. The summed E-state index contributed by atoms with van der Waals surface area (Å²) < 4.78 is 38.9. The molecule has 0 aliphatic carbocycles. The van der Waals surface area contributed by atoms with Crippen LogP contribution in [0.1, 0.15) is 21.5 Å². The minimum Gasteiger partial charge on any atom is -0.480 e. The molecule has 0 aromatic heterocycles. The lowest BCUT2D eigenvalue weighted by atomic mass is 9.92. The van der Waals surface area contributed by atoms with E-state index in [9.17, 15) is 27.9 Å². The minimum absolute atomic E-state index is 0.0259. The van der Waals surface area contributed by atoms with Gasteiger partial charge >= 0.3 is 12.1 Å². The summed E-state index contributed by atoms with van der Waals surface area (Å²) in [7, 11) is 0. The lowest BCUT2D eigenvalue weighted by Gasteiger charge is -2.18. The lowest BCUT2D eigenvalue weighted by molar-refractivity contribution is -0.139. The first-order valence-corrected chi connectivity index (χ1v) is 9.84. The molecule has 4 rings (SSSR count). The quantitative estimate of drug-likeness (QED) is 0.409. The maximum Gasteiger partial charge on any atom is 0.416 e. The van der Waals surface area contributed by atoms with Gasteiger partial charge in [0.2, 0.25) is 0 Å². The van der Waals surface area contributed by atoms with Gasteiger partial charge in [-0.15, -0.1) is 0 Å². The van der Waals surface area contributed by atoms with E-state index >= 15 is 0 Å². The van der Waals surface area contributed by atoms with Crippen LogP contribution in [-0.4, -0.2) is 23.0 Å². The molecule has 0 aliphatic heterocycles. The van der Waals surface area contributed by atoms with Gasteiger partial charge in [0.05, 0.1) is 5.56 Å². The molecule has 0 heterocycles. The number of carboxylic acid groups (broad SMARTS) is 1. The molecule has 4 aromatic carbocycles. The molecule has 0 saturated carbocycles. The van der Waals surface area contributed by atoms with E-state index in [0.717, 1.165) is 39.2 Å². The second-order valence-corrected chi connectivity index (χ2v) is 7.44. The zero-order valence-corrected chi connectivity index (χ0v) is 16.7. The Labute approximate surface area is 181 Å². The number of hydrogen-bond acceptors (Lipinski definition) is 2. The Hall–Kier alpha value is -3.87. The highest BCUT2D eigenvalue weighted by atomic mass is 19.4. The maximum atomic E-state index is 13.0. The van der Waals surface area contributed by atoms with Crippen molar-refractivity contribution in [3.05, 3.63) is 95.6 Å². The van der Waals surface area contributed by atoms with Crippen molar-refractivity contribution in [1.82, 2.24) is 5.32 Å². The van der Waals surface area contributed by atoms with Crippen LogP contribution in [0.5, 0.6) is 0 Å². The Bertz CT molecular complexity index is 1280. The van der Waals surface area contributed by atoms with Crippen LogP contribution in [0.15, 0.2) is 78.9 Å². The van der Waals surface area contributed by atoms with Crippen molar-refractivity contribution >= 4 is 33.4 Å². The van der Waals surface area contributed by atoms with Crippen LogP contribution < -0.4 is 5.32 Å². The summed E-state index contributed by atoms with van der Waals surface area (Å²) in [5, 5.41) is 15.7. The molecule has 162 valence electrons. The SMILES string of the molecule is O=C(N[C@@H](Cc1c2ccccc2cc2ccccc12)C(=O)O)c1cccc(C(F)(F)F)c1. The Morgan fingerprint density at radius 2 is 1.44 bits per heavy atom. The van der Waals surface area contributed by atoms with Crippen LogP contribution in [0.3, 0.4) is 0 Å². The van der Waals surface area contributed by atoms with Crippen LogP contribution in [0.2, 0.25) is 0 Å². The van der Waals surface area contributed by atoms with E-state index in [1.165, 1.54) is 6.07 Å². The van der Waals surface area contributed by atoms with Crippen molar-refractivity contribution in [3.63, 3.8) is 0 Å². The maximum absolute atomic E-state index is 13.0. The number of nitrogens with one attached hydrogen (secondary N) is 1. The van der Waals surface area contributed by atoms with Gasteiger partial charge in [-0.2, -0.15) is 13.2 Å². The van der Waals surface area contributed by atoms with Crippen molar-refractivity contribution in [2.75, 3.05) is 0 Å². The number of carboxylic acids is 1. The highest BCUT2D eigenvalue weighted by Crippen LogP contribution is 2.31. The van der Waals surface area contributed by atoms with Gasteiger partial charge < -0.3 is 10.4 Å². The van der Waals surface area contributed by atoms with Gasteiger partial charge in [-0.05, 0) is 51.4 Å². The van der Waals surface area contributed by atoms with Crippen LogP contribution >= 0.6 is 0 Å². The Morgan fingerprint density at radius 1 is 0.844 bits per heavy atom. The number of alkyl halides is 3. The van der Waals surface area contributed by atoms with Gasteiger partial charge in [0.1, 0.15) is 6.04 Å². The summed E-state index contributed by atoms with van der Waals surface area (Å²) >= 11 is 0. The van der Waals surface area contributed by atoms with Gasteiger partial charge in [0.25, 0.3) is 5.91 Å². The van der Waals surface area contributed by atoms with Gasteiger partial charge in [-0.25, -0.2) is 4.79 Å². The zero-order valence-electron chi connectivity index (χ0n) is 16.7. The molecule has 1 atom stereocenters. The molecular formula is C25H18F3NO3. The molecule has 1 amide bonds. The molecule has 0 bridgehead atoms. The molecule has 0 aliphatic rings. The monoisotopic (exact) mass is 437 g/mol. The Morgan fingerprint density at radius 3 is 2.00 bits per heavy atom. The van der Waals surface area contributed by atoms with Crippen LogP contribution in [0.25, 0.3) is 21.5 Å². The smallest absolute Gasteiger partial charge is 0.416 e. The predicted molar refractivity (Wildman–Crippen MR) is 115 cm³/mol. The highest BCUT2D eigenvalue weighted by molar-refractivity contribution is 6.03. The van der Waals surface area contributed by atoms with Crippen LogP contribution in [0, 0.1) is 0 Å². The van der Waals surface area contributed by atoms with Crippen LogP contribution in [0.4, 0.5) is 13.2 Å². The minimum atomic E-state index is -4.61. The summed E-state index contributed by atoms with van der Waals surface area (Å²) in [6.07, 6.45) is -4.63. The first-order valence-electron chi connectivity index (χ1n) is 9.84. The fraction of sp³-hybridized carbons (Fsp3) is 0.120. The van der Waals surface area contributed by atoms with E-state index in [1.54, 1.807) is 0 Å². The van der Waals surface area contributed by atoms with Crippen molar-refractivity contribution in [1.29, 1.82) is 0 Å². The molecule has 2 N–H and O–H groups in total. The summed E-state index contributed by atoms with van der Waals surface area (Å²) in [5.74, 6) is -2.16. The van der Waals surface area contributed by atoms with E-state index in [2.05, 4.69) is 5.32 Å². The number of rotatable bonds is 5. The van der Waals surface area contributed by atoms with E-state index < -0.39 is 29.7 Å². The number of fused-ring (bicyclic) bond motifs is 2. The van der Waals surface area contributed by atoms with E-state index in [4.69, 9.17) is 0 Å². The predicted octanol–water partition coefficient (Wildman–Crippen LogP) is 5.44. The van der Waals surface area contributed by atoms with E-state index in [0.29, 0.717) is 6.07 Å². The van der Waals surface area contributed by atoms with E-state index in [-0.39, 0.29) is 12.0 Å². The fourth-order valence-electron chi connectivity index (χ4n) is 3.81. The van der Waals surface area contributed by atoms with Gasteiger partial charge in [-0.1, -0.05) is 54.6 Å². The number of halogens is 3. The molecule has 7 heteroatoms. The standard InChI is InChI=1S/C25H18F3NO3/c26-25(27,28)18-9-5-8-17(13-18)23(30)29-22(24(31)32)14-21-19-10-3-1-6-15(19)12-16-7-2-4-11-20(16)21/h1-13,22H,14H2,(H,29,30)(H,31,32)/t22-/m0/s1. The molecule has 0 spiro atoms. The first-order chi connectivity index (χ1) is 15.2. The zero-order chi connectivity index (χ0) is 22.9. The average Bonchev–Trinajstić information content (AvgIpc) is 2.77. The Kier molecular flexibility index (Phi) is 5.57. The molecule has 0 unspecified atom stereocenters. The third-order valence-electron chi connectivity index (χ3n) is 5.35. The van der Waals surface area contributed by atoms with Crippen molar-refractivity contribution in [2.45, 2.75) is 18.6 Å². The second-order valence-electron chi connectivity index (χ2n) is 7.44. The number of carbonyl (C=O) groups excluding carboxylic acids is 1. The number of benzene rings is 4. The number of carbonyl (C=O) groups is 2. The average molecular weight is 437 g/mol. The molecule has 0 radical (unpaired) electrons. The summed E-state index contributed by atoms with van der Waals surface area (Å²) in [6, 6.07) is 19.6. The number of hydrogen-bond donors (Lipinski definition) is 2. The second kappa shape index (κ2) is 8.34. The summed E-state index contributed by atoms with van der Waals surface area (Å²) in [5.41, 5.74) is -0.485. The third kappa shape index (κ3) is 4.27. The number of aliphatic carboxylic acids is 1. The topological polar surface area (TPSA) is 66.4 Å². The molecule has 0 saturated heterocycles. The normalized spacial score (nSPS) is 12.6. The van der Waals surface area contributed by atoms with Gasteiger partial charge in [0.15, 0.2) is 0 Å². The summed E-state index contributed by atoms with van der Waals surface area (Å²) in [4.78, 5) is 24.6. The van der Waals surface area contributed by atoms with E-state index in [1.807, 2.05) is 54.6 Å². The largest absolute Gasteiger partial charge is 0.480 e. The number of amides is 1. The lowest BCUT2D eigenvalue weighted by Crippen LogP contribution is -2.42. The van der Waals surface area contributed by atoms with Crippen molar-refractivity contribution < 1.29 is 27.9 Å². The molecule has 32 heavy (non-hydrogen) atoms. The molecular weight excluding hydrogens is 419 g/mol. The van der Waals surface area contributed by atoms with Gasteiger partial charge in [0, 0.05) is 12.0 Å². The first kappa shape index (κ1) is 21.4.